The molecule has 138 valence electrons. The van der Waals surface area contributed by atoms with E-state index in [4.69, 9.17) is 0 Å². The van der Waals surface area contributed by atoms with Gasteiger partial charge < -0.3 is 0 Å². The number of carbonyl (C=O) groups is 1. The Bertz CT molecular complexity index is 943. The molecule has 3 heterocycles. The molecule has 3 rings (SSSR count). The van der Waals surface area contributed by atoms with E-state index in [2.05, 4.69) is 14.7 Å². The summed E-state index contributed by atoms with van der Waals surface area (Å²) in [4.78, 5) is 22.2. The van der Waals surface area contributed by atoms with Crippen LogP contribution in [0.5, 0.6) is 0 Å². The molecule has 0 aliphatic carbocycles. The highest BCUT2D eigenvalue weighted by Crippen LogP contribution is 2.30. The van der Waals surface area contributed by atoms with Crippen molar-refractivity contribution in [3.05, 3.63) is 41.9 Å². The van der Waals surface area contributed by atoms with Crippen LogP contribution in [0.3, 0.4) is 0 Å². The molecule has 2 aromatic heterocycles. The first-order chi connectivity index (χ1) is 12.2. The summed E-state index contributed by atoms with van der Waals surface area (Å²) in [6.45, 7) is 4.02. The van der Waals surface area contributed by atoms with Gasteiger partial charge in [0, 0.05) is 49.2 Å². The van der Waals surface area contributed by atoms with Gasteiger partial charge in [0.25, 0.3) is 0 Å². The van der Waals surface area contributed by atoms with Crippen LogP contribution in [0.2, 0.25) is 0 Å². The number of sulfonamides is 1. The third kappa shape index (κ3) is 4.08. The fourth-order valence-electron chi connectivity index (χ4n) is 3.17. The number of aryl methyl sites for hydroxylation is 1. The van der Waals surface area contributed by atoms with Crippen LogP contribution in [0.15, 0.2) is 30.7 Å². The average Bonchev–Trinajstić information content (AvgIpc) is 2.59. The molecule has 1 amide bonds. The molecule has 1 atom stereocenters. The smallest absolute Gasteiger partial charge is 0.225 e. The van der Waals surface area contributed by atoms with Crippen molar-refractivity contribution in [2.45, 2.75) is 32.7 Å². The molecule has 0 saturated heterocycles. The molecule has 1 aliphatic rings. The number of rotatable bonds is 4. The summed E-state index contributed by atoms with van der Waals surface area (Å²) < 4.78 is 25.4. The second-order valence-corrected chi connectivity index (χ2v) is 8.38. The molecule has 0 unspecified atom stereocenters. The van der Waals surface area contributed by atoms with Crippen LogP contribution in [0, 0.1) is 0 Å². The number of nitrogens with zero attached hydrogens (tertiary/aromatic N) is 3. The third-order valence-corrected chi connectivity index (χ3v) is 5.17. The van der Waals surface area contributed by atoms with Crippen molar-refractivity contribution in [3.8, 4) is 11.1 Å². The van der Waals surface area contributed by atoms with Crippen molar-refractivity contribution in [2.24, 2.45) is 0 Å². The van der Waals surface area contributed by atoms with Gasteiger partial charge in [0.2, 0.25) is 15.9 Å². The summed E-state index contributed by atoms with van der Waals surface area (Å²) in [6.07, 6.45) is 8.02. The lowest BCUT2D eigenvalue weighted by Crippen LogP contribution is -2.34. The fraction of sp³-hybridized carbons (Fsp3) is 0.389. The molecule has 0 fully saturated rings. The Balaban J connectivity index is 1.93. The monoisotopic (exact) mass is 374 g/mol. The van der Waals surface area contributed by atoms with Crippen LogP contribution in [-0.2, 0) is 21.2 Å². The van der Waals surface area contributed by atoms with Crippen molar-refractivity contribution in [1.29, 1.82) is 0 Å². The largest absolute Gasteiger partial charge is 0.297 e. The molecule has 26 heavy (non-hydrogen) atoms. The Morgan fingerprint density at radius 2 is 1.96 bits per heavy atom. The summed E-state index contributed by atoms with van der Waals surface area (Å²) in [5, 5.41) is 0. The Hall–Kier alpha value is -2.32. The molecule has 0 bridgehead atoms. The number of pyridine rings is 2. The second kappa shape index (κ2) is 7.13. The standard InChI is InChI=1S/C18H22N4O3S/c1-12(21-26(3,24)25)15-8-16(10-19-9-15)17-7-14-5-4-6-22(13(2)23)18(14)20-11-17/h7-12,21H,4-6H2,1-3H3/t12-/m1/s1. The number of fused-ring (bicyclic) bond motifs is 1. The normalized spacial score (nSPS) is 15.4. The molecule has 2 aromatic rings. The minimum absolute atomic E-state index is 0.00413. The summed E-state index contributed by atoms with van der Waals surface area (Å²) in [5.41, 5.74) is 3.57. The first-order valence-corrected chi connectivity index (χ1v) is 10.3. The van der Waals surface area contributed by atoms with Crippen LogP contribution in [0.25, 0.3) is 11.1 Å². The van der Waals surface area contributed by atoms with Gasteiger partial charge in [-0.2, -0.15) is 0 Å². The molecular weight excluding hydrogens is 352 g/mol. The van der Waals surface area contributed by atoms with Gasteiger partial charge in [-0.25, -0.2) is 18.1 Å². The van der Waals surface area contributed by atoms with E-state index in [-0.39, 0.29) is 11.9 Å². The molecule has 0 spiro atoms. The summed E-state index contributed by atoms with van der Waals surface area (Å²) in [5.74, 6) is 0.722. The predicted molar refractivity (Wildman–Crippen MR) is 100 cm³/mol. The van der Waals surface area contributed by atoms with E-state index in [1.54, 1.807) is 37.3 Å². The van der Waals surface area contributed by atoms with Gasteiger partial charge in [0.05, 0.1) is 6.26 Å². The fourth-order valence-corrected chi connectivity index (χ4v) is 3.95. The van der Waals surface area contributed by atoms with Crippen molar-refractivity contribution < 1.29 is 13.2 Å². The Labute approximate surface area is 153 Å². The van der Waals surface area contributed by atoms with Crippen molar-refractivity contribution >= 4 is 21.7 Å². The maximum Gasteiger partial charge on any atom is 0.225 e. The van der Waals surface area contributed by atoms with Crippen LogP contribution in [-0.4, -0.2) is 37.1 Å². The van der Waals surface area contributed by atoms with E-state index in [9.17, 15) is 13.2 Å². The van der Waals surface area contributed by atoms with E-state index in [0.29, 0.717) is 6.54 Å². The highest BCUT2D eigenvalue weighted by atomic mass is 32.2. The van der Waals surface area contributed by atoms with Crippen molar-refractivity contribution in [3.63, 3.8) is 0 Å². The van der Waals surface area contributed by atoms with E-state index in [0.717, 1.165) is 47.2 Å². The lowest BCUT2D eigenvalue weighted by molar-refractivity contribution is -0.116. The summed E-state index contributed by atoms with van der Waals surface area (Å²) in [7, 11) is -3.30. The van der Waals surface area contributed by atoms with Gasteiger partial charge in [-0.3, -0.25) is 14.7 Å². The van der Waals surface area contributed by atoms with E-state index >= 15 is 0 Å². The lowest BCUT2D eigenvalue weighted by Gasteiger charge is -2.27. The maximum atomic E-state index is 11.8. The highest BCUT2D eigenvalue weighted by Gasteiger charge is 2.22. The number of hydrogen-bond acceptors (Lipinski definition) is 5. The Morgan fingerprint density at radius 1 is 1.23 bits per heavy atom. The number of amides is 1. The number of carbonyl (C=O) groups excluding carboxylic acids is 1. The first kappa shape index (κ1) is 18.5. The number of nitrogens with one attached hydrogen (secondary N) is 1. The predicted octanol–water partition coefficient (Wildman–Crippen LogP) is 2.05. The molecule has 8 heteroatoms. The third-order valence-electron chi connectivity index (χ3n) is 4.39. The summed E-state index contributed by atoms with van der Waals surface area (Å²) in [6, 6.07) is 3.56. The quantitative estimate of drug-likeness (QED) is 0.884. The number of aromatic nitrogens is 2. The molecule has 0 aromatic carbocycles. The van der Waals surface area contributed by atoms with Gasteiger partial charge in [0.1, 0.15) is 5.82 Å². The lowest BCUT2D eigenvalue weighted by atomic mass is 10.00. The zero-order valence-electron chi connectivity index (χ0n) is 15.1. The van der Waals surface area contributed by atoms with Crippen molar-refractivity contribution in [2.75, 3.05) is 17.7 Å². The number of anilines is 1. The van der Waals surface area contributed by atoms with Crippen LogP contribution in [0.1, 0.15) is 37.4 Å². The van der Waals surface area contributed by atoms with Crippen LogP contribution in [0.4, 0.5) is 5.82 Å². The first-order valence-electron chi connectivity index (χ1n) is 8.44. The van der Waals surface area contributed by atoms with E-state index in [1.807, 2.05) is 12.1 Å². The van der Waals surface area contributed by atoms with Gasteiger partial charge >= 0.3 is 0 Å². The molecule has 1 aliphatic heterocycles. The highest BCUT2D eigenvalue weighted by molar-refractivity contribution is 7.88. The molecule has 0 saturated carbocycles. The average molecular weight is 374 g/mol. The second-order valence-electron chi connectivity index (χ2n) is 6.60. The SMILES string of the molecule is CC(=O)N1CCCc2cc(-c3cncc([C@@H](C)NS(C)(=O)=O)c3)cnc21. The zero-order valence-corrected chi connectivity index (χ0v) is 15.9. The molecule has 7 nitrogen and oxygen atoms in total. The Morgan fingerprint density at radius 3 is 2.65 bits per heavy atom. The molecule has 1 N–H and O–H groups in total. The van der Waals surface area contributed by atoms with Gasteiger partial charge in [-0.05, 0) is 43.0 Å². The van der Waals surface area contributed by atoms with Gasteiger partial charge in [0.15, 0.2) is 0 Å². The molecule has 0 radical (unpaired) electrons. The van der Waals surface area contributed by atoms with Gasteiger partial charge in [-0.1, -0.05) is 0 Å². The van der Waals surface area contributed by atoms with Gasteiger partial charge in [-0.15, -0.1) is 0 Å². The van der Waals surface area contributed by atoms with E-state index < -0.39 is 10.0 Å². The molecular formula is C18H22N4O3S. The minimum Gasteiger partial charge on any atom is -0.297 e. The minimum atomic E-state index is -3.30. The maximum absolute atomic E-state index is 11.8. The number of hydrogen-bond donors (Lipinski definition) is 1. The zero-order chi connectivity index (χ0) is 18.9. The van der Waals surface area contributed by atoms with Crippen LogP contribution < -0.4 is 9.62 Å². The van der Waals surface area contributed by atoms with Crippen LogP contribution >= 0.6 is 0 Å². The summed E-state index contributed by atoms with van der Waals surface area (Å²) >= 11 is 0. The Kier molecular flexibility index (Phi) is 5.06. The van der Waals surface area contributed by atoms with E-state index in [1.165, 1.54) is 0 Å². The van der Waals surface area contributed by atoms with Crippen molar-refractivity contribution in [1.82, 2.24) is 14.7 Å². The topological polar surface area (TPSA) is 92.3 Å².